The average Bonchev–Trinajstić information content (AvgIpc) is 2.72. The molecule has 0 fully saturated rings. The number of anilines is 2. The first-order valence-corrected chi connectivity index (χ1v) is 8.75. The van der Waals surface area contributed by atoms with Gasteiger partial charge in [-0.05, 0) is 35.9 Å². The molecule has 0 unspecified atom stereocenters. The van der Waals surface area contributed by atoms with Crippen LogP contribution in [-0.4, -0.2) is 31.0 Å². The van der Waals surface area contributed by atoms with Crippen LogP contribution in [0.1, 0.15) is 6.92 Å². The molecule has 0 aliphatic heterocycles. The third-order valence-corrected chi connectivity index (χ3v) is 4.75. The minimum atomic E-state index is -0.510. The molecule has 0 spiro atoms. The Kier molecular flexibility index (Phi) is 5.44. The van der Waals surface area contributed by atoms with E-state index in [4.69, 9.17) is 4.74 Å². The van der Waals surface area contributed by atoms with Crippen molar-refractivity contribution in [3.63, 3.8) is 0 Å². The number of hydrogen-bond donors (Lipinski definition) is 1. The monoisotopic (exact) mass is 379 g/mol. The number of nitro benzene ring substituents is 1. The first-order chi connectivity index (χ1) is 13.4. The highest BCUT2D eigenvalue weighted by molar-refractivity contribution is 5.98. The van der Waals surface area contributed by atoms with Crippen molar-refractivity contribution in [2.24, 2.45) is 0 Å². The molecule has 7 heteroatoms. The van der Waals surface area contributed by atoms with Gasteiger partial charge in [-0.3, -0.25) is 14.9 Å². The molecule has 28 heavy (non-hydrogen) atoms. The molecule has 7 nitrogen and oxygen atoms in total. The van der Waals surface area contributed by atoms with E-state index in [-0.39, 0.29) is 17.3 Å². The van der Waals surface area contributed by atoms with Gasteiger partial charge in [0.2, 0.25) is 5.91 Å². The zero-order chi connectivity index (χ0) is 20.3. The quantitative estimate of drug-likeness (QED) is 0.512. The van der Waals surface area contributed by atoms with Crippen molar-refractivity contribution < 1.29 is 14.5 Å². The van der Waals surface area contributed by atoms with E-state index in [1.165, 1.54) is 25.3 Å². The molecule has 1 amide bonds. The first-order valence-electron chi connectivity index (χ1n) is 8.75. The summed E-state index contributed by atoms with van der Waals surface area (Å²) in [6.45, 7) is 1.79. The molecule has 1 atom stereocenters. The van der Waals surface area contributed by atoms with Crippen LogP contribution in [-0.2, 0) is 4.79 Å². The van der Waals surface area contributed by atoms with Gasteiger partial charge in [0.25, 0.3) is 5.69 Å². The number of nitrogens with zero attached hydrogens (tertiary/aromatic N) is 2. The lowest BCUT2D eigenvalue weighted by Crippen LogP contribution is -2.39. The second kappa shape index (κ2) is 7.96. The Hall–Kier alpha value is -3.61. The fraction of sp³-hybridized carbons (Fsp3) is 0.190. The minimum absolute atomic E-state index is 0.101. The topological polar surface area (TPSA) is 84.7 Å². The summed E-state index contributed by atoms with van der Waals surface area (Å²) in [4.78, 5) is 25.0. The van der Waals surface area contributed by atoms with Gasteiger partial charge in [0.05, 0.1) is 23.8 Å². The fourth-order valence-corrected chi connectivity index (χ4v) is 2.93. The normalized spacial score (nSPS) is 11.7. The molecule has 1 N–H and O–H groups in total. The molecule has 0 heterocycles. The van der Waals surface area contributed by atoms with Crippen molar-refractivity contribution in [2.75, 3.05) is 24.4 Å². The number of carbonyl (C=O) groups is 1. The van der Waals surface area contributed by atoms with E-state index in [2.05, 4.69) is 5.32 Å². The van der Waals surface area contributed by atoms with Crippen LogP contribution in [0.4, 0.5) is 17.1 Å². The van der Waals surface area contributed by atoms with Crippen molar-refractivity contribution in [1.29, 1.82) is 0 Å². The number of ether oxygens (including phenoxy) is 1. The summed E-state index contributed by atoms with van der Waals surface area (Å²) in [5, 5.41) is 15.9. The maximum absolute atomic E-state index is 12.7. The Morgan fingerprint density at radius 1 is 1.11 bits per heavy atom. The molecule has 3 aromatic rings. The molecular weight excluding hydrogens is 358 g/mol. The van der Waals surface area contributed by atoms with E-state index in [9.17, 15) is 14.9 Å². The molecule has 0 radical (unpaired) electrons. The third kappa shape index (κ3) is 3.88. The smallest absolute Gasteiger partial charge is 0.273 e. The van der Waals surface area contributed by atoms with E-state index in [1.807, 2.05) is 54.4 Å². The Morgan fingerprint density at radius 2 is 1.82 bits per heavy atom. The Morgan fingerprint density at radius 3 is 2.50 bits per heavy atom. The summed E-state index contributed by atoms with van der Waals surface area (Å²) in [6, 6.07) is 17.7. The van der Waals surface area contributed by atoms with Gasteiger partial charge in [-0.15, -0.1) is 0 Å². The molecular formula is C21H21N3O4. The number of carbonyl (C=O) groups excluding carboxylic acids is 1. The second-order valence-corrected chi connectivity index (χ2v) is 6.45. The highest BCUT2D eigenvalue weighted by Gasteiger charge is 2.21. The van der Waals surface area contributed by atoms with Crippen molar-refractivity contribution >= 4 is 33.7 Å². The molecule has 0 aromatic heterocycles. The Bertz CT molecular complexity index is 1040. The van der Waals surface area contributed by atoms with Gasteiger partial charge in [-0.2, -0.15) is 0 Å². The van der Waals surface area contributed by atoms with Crippen LogP contribution in [0.15, 0.2) is 60.7 Å². The van der Waals surface area contributed by atoms with Crippen LogP contribution in [0, 0.1) is 10.1 Å². The summed E-state index contributed by atoms with van der Waals surface area (Å²) in [5.41, 5.74) is 1.20. The number of likely N-dealkylation sites (N-methyl/N-ethyl adjacent to an activating group) is 1. The third-order valence-electron chi connectivity index (χ3n) is 4.75. The van der Waals surface area contributed by atoms with E-state index >= 15 is 0 Å². The van der Waals surface area contributed by atoms with Crippen LogP contribution in [0.5, 0.6) is 5.75 Å². The summed E-state index contributed by atoms with van der Waals surface area (Å²) in [6.07, 6.45) is 0. The van der Waals surface area contributed by atoms with Crippen LogP contribution in [0.3, 0.4) is 0 Å². The standard InChI is InChI=1S/C21H21N3O4/c1-14(23(2)17-9-8-15-6-4-5-7-16(15)12-17)21(25)22-19-11-10-18(24(26)27)13-20(19)28-3/h4-14H,1-3H3,(H,22,25)/t14-/m1/s1. The lowest BCUT2D eigenvalue weighted by Gasteiger charge is -2.26. The minimum Gasteiger partial charge on any atom is -0.494 e. The number of nitrogens with one attached hydrogen (secondary N) is 1. The molecule has 0 bridgehead atoms. The average molecular weight is 379 g/mol. The van der Waals surface area contributed by atoms with Crippen LogP contribution in [0.2, 0.25) is 0 Å². The number of benzene rings is 3. The Labute approximate surface area is 162 Å². The second-order valence-electron chi connectivity index (χ2n) is 6.45. The number of hydrogen-bond acceptors (Lipinski definition) is 5. The maximum atomic E-state index is 12.7. The largest absolute Gasteiger partial charge is 0.494 e. The SMILES string of the molecule is COc1cc([N+](=O)[O-])ccc1NC(=O)[C@@H](C)N(C)c1ccc2ccccc2c1. The van der Waals surface area contributed by atoms with Gasteiger partial charge in [0, 0.05) is 18.8 Å². The van der Waals surface area contributed by atoms with Gasteiger partial charge in [-0.25, -0.2) is 0 Å². The van der Waals surface area contributed by atoms with Crippen molar-refractivity contribution in [3.8, 4) is 5.75 Å². The predicted molar refractivity (Wildman–Crippen MR) is 110 cm³/mol. The first kappa shape index (κ1) is 19.2. The van der Waals surface area contributed by atoms with Gasteiger partial charge < -0.3 is 15.0 Å². The number of non-ortho nitro benzene ring substituents is 1. The van der Waals surface area contributed by atoms with E-state index in [0.29, 0.717) is 5.69 Å². The summed E-state index contributed by atoms with van der Waals surface area (Å²) < 4.78 is 5.18. The van der Waals surface area contributed by atoms with Crippen LogP contribution in [0.25, 0.3) is 10.8 Å². The van der Waals surface area contributed by atoms with Gasteiger partial charge in [-0.1, -0.05) is 30.3 Å². The number of rotatable bonds is 6. The predicted octanol–water partition coefficient (Wildman–Crippen LogP) is 4.22. The lowest BCUT2D eigenvalue weighted by atomic mass is 10.1. The van der Waals surface area contributed by atoms with Gasteiger partial charge >= 0.3 is 0 Å². The van der Waals surface area contributed by atoms with Crippen LogP contribution >= 0.6 is 0 Å². The molecule has 0 aliphatic carbocycles. The van der Waals surface area contributed by atoms with Crippen LogP contribution < -0.4 is 15.0 Å². The fourth-order valence-electron chi connectivity index (χ4n) is 2.93. The molecule has 3 rings (SSSR count). The zero-order valence-corrected chi connectivity index (χ0v) is 15.9. The number of amides is 1. The summed E-state index contributed by atoms with van der Waals surface area (Å²) >= 11 is 0. The van der Waals surface area contributed by atoms with E-state index in [0.717, 1.165) is 16.5 Å². The van der Waals surface area contributed by atoms with Gasteiger partial charge in [0.1, 0.15) is 11.8 Å². The lowest BCUT2D eigenvalue weighted by molar-refractivity contribution is -0.384. The van der Waals surface area contributed by atoms with Crippen molar-refractivity contribution in [2.45, 2.75) is 13.0 Å². The Balaban J connectivity index is 1.78. The number of fused-ring (bicyclic) bond motifs is 1. The molecule has 0 saturated heterocycles. The number of methoxy groups -OCH3 is 1. The highest BCUT2D eigenvalue weighted by Crippen LogP contribution is 2.29. The summed E-state index contributed by atoms with van der Waals surface area (Å²) in [5.74, 6) is -0.00841. The van der Waals surface area contributed by atoms with Crippen molar-refractivity contribution in [3.05, 3.63) is 70.8 Å². The van der Waals surface area contributed by atoms with E-state index < -0.39 is 11.0 Å². The molecule has 0 aliphatic rings. The molecule has 3 aromatic carbocycles. The zero-order valence-electron chi connectivity index (χ0n) is 15.9. The highest BCUT2D eigenvalue weighted by atomic mass is 16.6. The van der Waals surface area contributed by atoms with Crippen molar-refractivity contribution in [1.82, 2.24) is 0 Å². The molecule has 144 valence electrons. The number of nitro groups is 1. The van der Waals surface area contributed by atoms with E-state index in [1.54, 1.807) is 6.92 Å². The molecule has 0 saturated carbocycles. The van der Waals surface area contributed by atoms with Gasteiger partial charge in [0.15, 0.2) is 0 Å². The summed E-state index contributed by atoms with van der Waals surface area (Å²) in [7, 11) is 3.25. The maximum Gasteiger partial charge on any atom is 0.273 e.